The van der Waals surface area contributed by atoms with Gasteiger partial charge in [-0.2, -0.15) is 5.10 Å². The molecule has 1 aliphatic carbocycles. The fraction of sp³-hybridized carbons (Fsp3) is 0.400. The minimum absolute atomic E-state index is 0.104. The largest absolute Gasteiger partial charge is 0.396 e. The highest BCUT2D eigenvalue weighted by atomic mass is 16.2. The van der Waals surface area contributed by atoms with E-state index in [2.05, 4.69) is 10.1 Å². The first-order chi connectivity index (χ1) is 10.2. The summed E-state index contributed by atoms with van der Waals surface area (Å²) >= 11 is 0. The van der Waals surface area contributed by atoms with Crippen molar-refractivity contribution in [1.82, 2.24) is 19.7 Å². The van der Waals surface area contributed by atoms with Crippen molar-refractivity contribution < 1.29 is 4.79 Å². The molecule has 0 aromatic carbocycles. The monoisotopic (exact) mass is 285 g/mol. The number of anilines is 1. The molecule has 2 aromatic rings. The Morgan fingerprint density at radius 2 is 2.29 bits per heavy atom. The molecule has 0 aliphatic heterocycles. The zero-order valence-electron chi connectivity index (χ0n) is 12.1. The van der Waals surface area contributed by atoms with Gasteiger partial charge >= 0.3 is 0 Å². The third-order valence-corrected chi connectivity index (χ3v) is 3.62. The van der Waals surface area contributed by atoms with E-state index in [4.69, 9.17) is 5.73 Å². The van der Waals surface area contributed by atoms with Gasteiger partial charge in [-0.25, -0.2) is 0 Å². The van der Waals surface area contributed by atoms with Crippen LogP contribution in [0.4, 0.5) is 5.69 Å². The standard InChI is InChI=1S/C15H19N5O/c1-2-19-10-13(16)14(18-19)15(21)20(12-6-7-12)9-11-5-3-4-8-17-11/h3-5,8,10,12H,2,6-7,9,16H2,1H3. The van der Waals surface area contributed by atoms with Crippen molar-refractivity contribution in [2.24, 2.45) is 0 Å². The Hall–Kier alpha value is -2.37. The van der Waals surface area contributed by atoms with E-state index in [1.165, 1.54) is 0 Å². The zero-order valence-corrected chi connectivity index (χ0v) is 12.1. The summed E-state index contributed by atoms with van der Waals surface area (Å²) < 4.78 is 1.69. The minimum atomic E-state index is -0.104. The molecular weight excluding hydrogens is 266 g/mol. The Kier molecular flexibility index (Phi) is 3.60. The van der Waals surface area contributed by atoms with E-state index in [0.717, 1.165) is 18.5 Å². The number of hydrogen-bond donors (Lipinski definition) is 1. The highest BCUT2D eigenvalue weighted by Gasteiger charge is 2.35. The predicted molar refractivity (Wildman–Crippen MR) is 79.4 cm³/mol. The van der Waals surface area contributed by atoms with Gasteiger partial charge in [-0.05, 0) is 31.9 Å². The van der Waals surface area contributed by atoms with E-state index >= 15 is 0 Å². The summed E-state index contributed by atoms with van der Waals surface area (Å²) in [5.74, 6) is -0.104. The number of nitrogens with zero attached hydrogens (tertiary/aromatic N) is 4. The third-order valence-electron chi connectivity index (χ3n) is 3.62. The summed E-state index contributed by atoms with van der Waals surface area (Å²) in [6, 6.07) is 6.01. The first-order valence-electron chi connectivity index (χ1n) is 7.23. The van der Waals surface area contributed by atoms with Crippen molar-refractivity contribution in [3.63, 3.8) is 0 Å². The molecule has 0 saturated heterocycles. The Morgan fingerprint density at radius 3 is 2.86 bits per heavy atom. The number of amides is 1. The fourth-order valence-corrected chi connectivity index (χ4v) is 2.32. The van der Waals surface area contributed by atoms with Crippen LogP contribution >= 0.6 is 0 Å². The Bertz CT molecular complexity index is 633. The van der Waals surface area contributed by atoms with Crippen LogP contribution in [0.15, 0.2) is 30.6 Å². The minimum Gasteiger partial charge on any atom is -0.396 e. The van der Waals surface area contributed by atoms with Crippen molar-refractivity contribution in [2.45, 2.75) is 38.9 Å². The Labute approximate surface area is 123 Å². The van der Waals surface area contributed by atoms with Gasteiger partial charge in [0, 0.05) is 25.0 Å². The van der Waals surface area contributed by atoms with Crippen LogP contribution in [0.1, 0.15) is 35.9 Å². The molecule has 2 heterocycles. The van der Waals surface area contributed by atoms with Gasteiger partial charge in [0.15, 0.2) is 5.69 Å². The van der Waals surface area contributed by atoms with Crippen molar-refractivity contribution in [2.75, 3.05) is 5.73 Å². The number of aromatic nitrogens is 3. The molecule has 110 valence electrons. The summed E-state index contributed by atoms with van der Waals surface area (Å²) in [4.78, 5) is 18.9. The van der Waals surface area contributed by atoms with Crippen LogP contribution in [0.2, 0.25) is 0 Å². The second-order valence-electron chi connectivity index (χ2n) is 5.27. The molecule has 0 bridgehead atoms. The molecular formula is C15H19N5O. The third kappa shape index (κ3) is 2.89. The van der Waals surface area contributed by atoms with E-state index in [9.17, 15) is 4.79 Å². The molecule has 0 unspecified atom stereocenters. The van der Waals surface area contributed by atoms with E-state index in [0.29, 0.717) is 24.5 Å². The summed E-state index contributed by atoms with van der Waals surface area (Å²) in [6.07, 6.45) is 5.52. The molecule has 1 fully saturated rings. The average Bonchev–Trinajstić information content (AvgIpc) is 3.27. The van der Waals surface area contributed by atoms with Gasteiger partial charge in [-0.3, -0.25) is 14.5 Å². The SMILES string of the molecule is CCn1cc(N)c(C(=O)N(Cc2ccccn2)C2CC2)n1. The summed E-state index contributed by atoms with van der Waals surface area (Å²) in [5.41, 5.74) is 7.59. The maximum absolute atomic E-state index is 12.7. The average molecular weight is 285 g/mol. The topological polar surface area (TPSA) is 77.0 Å². The van der Waals surface area contributed by atoms with Gasteiger partial charge in [0.25, 0.3) is 5.91 Å². The molecule has 1 saturated carbocycles. The first-order valence-corrected chi connectivity index (χ1v) is 7.23. The highest BCUT2D eigenvalue weighted by Crippen LogP contribution is 2.30. The number of aryl methyl sites for hydroxylation is 1. The number of rotatable bonds is 5. The van der Waals surface area contributed by atoms with Crippen LogP contribution in [0.3, 0.4) is 0 Å². The number of pyridine rings is 1. The van der Waals surface area contributed by atoms with Gasteiger partial charge in [-0.1, -0.05) is 6.07 Å². The number of nitrogens with two attached hydrogens (primary N) is 1. The lowest BCUT2D eigenvalue weighted by Gasteiger charge is -2.21. The number of hydrogen-bond acceptors (Lipinski definition) is 4. The molecule has 1 aliphatic rings. The molecule has 0 radical (unpaired) electrons. The Morgan fingerprint density at radius 1 is 1.48 bits per heavy atom. The van der Waals surface area contributed by atoms with Crippen LogP contribution in [-0.4, -0.2) is 31.6 Å². The molecule has 2 N–H and O–H groups in total. The van der Waals surface area contributed by atoms with E-state index < -0.39 is 0 Å². The van der Waals surface area contributed by atoms with E-state index in [-0.39, 0.29) is 11.9 Å². The smallest absolute Gasteiger partial charge is 0.277 e. The number of nitrogen functional groups attached to an aromatic ring is 1. The van der Waals surface area contributed by atoms with Crippen LogP contribution in [0, 0.1) is 0 Å². The van der Waals surface area contributed by atoms with Gasteiger partial charge in [0.05, 0.1) is 17.9 Å². The fourth-order valence-electron chi connectivity index (χ4n) is 2.32. The quantitative estimate of drug-likeness (QED) is 0.906. The van der Waals surface area contributed by atoms with Gasteiger partial charge in [-0.15, -0.1) is 0 Å². The van der Waals surface area contributed by atoms with Crippen molar-refractivity contribution in [3.05, 3.63) is 42.0 Å². The van der Waals surface area contributed by atoms with Gasteiger partial charge < -0.3 is 10.6 Å². The van der Waals surface area contributed by atoms with Crippen molar-refractivity contribution >= 4 is 11.6 Å². The van der Waals surface area contributed by atoms with Crippen LogP contribution in [-0.2, 0) is 13.1 Å². The first kappa shape index (κ1) is 13.6. The molecule has 0 atom stereocenters. The van der Waals surface area contributed by atoms with E-state index in [1.807, 2.05) is 30.0 Å². The lowest BCUT2D eigenvalue weighted by Crippen LogP contribution is -2.33. The van der Waals surface area contributed by atoms with Crippen molar-refractivity contribution in [3.8, 4) is 0 Å². The van der Waals surface area contributed by atoms with Crippen LogP contribution in [0.5, 0.6) is 0 Å². The second kappa shape index (κ2) is 5.55. The number of carbonyl (C=O) groups excluding carboxylic acids is 1. The summed E-state index contributed by atoms with van der Waals surface area (Å²) in [5, 5.41) is 4.28. The molecule has 0 spiro atoms. The van der Waals surface area contributed by atoms with Gasteiger partial charge in [0.2, 0.25) is 0 Å². The highest BCUT2D eigenvalue weighted by molar-refractivity contribution is 5.97. The predicted octanol–water partition coefficient (Wildman–Crippen LogP) is 1.68. The second-order valence-corrected chi connectivity index (χ2v) is 5.27. The maximum atomic E-state index is 12.7. The lowest BCUT2D eigenvalue weighted by molar-refractivity contribution is 0.0722. The molecule has 21 heavy (non-hydrogen) atoms. The molecule has 3 rings (SSSR count). The van der Waals surface area contributed by atoms with Crippen LogP contribution < -0.4 is 5.73 Å². The normalized spacial score (nSPS) is 14.1. The Balaban J connectivity index is 1.83. The molecule has 6 heteroatoms. The molecule has 6 nitrogen and oxygen atoms in total. The molecule has 2 aromatic heterocycles. The van der Waals surface area contributed by atoms with E-state index in [1.54, 1.807) is 17.1 Å². The summed E-state index contributed by atoms with van der Waals surface area (Å²) in [6.45, 7) is 3.16. The van der Waals surface area contributed by atoms with Crippen LogP contribution in [0.25, 0.3) is 0 Å². The zero-order chi connectivity index (χ0) is 14.8. The maximum Gasteiger partial charge on any atom is 0.277 e. The molecule has 1 amide bonds. The number of carbonyl (C=O) groups is 1. The summed E-state index contributed by atoms with van der Waals surface area (Å²) in [7, 11) is 0. The van der Waals surface area contributed by atoms with Crippen molar-refractivity contribution in [1.29, 1.82) is 0 Å². The van der Waals surface area contributed by atoms with Gasteiger partial charge in [0.1, 0.15) is 0 Å². The lowest BCUT2D eigenvalue weighted by atomic mass is 10.2.